The Balaban J connectivity index is 4.29. The second kappa shape index (κ2) is 70.0. The van der Waals surface area contributed by atoms with Gasteiger partial charge in [-0.25, -0.2) is 0 Å². The molecular formula is C77H128O6. The zero-order valence-electron chi connectivity index (χ0n) is 54.2. The zero-order chi connectivity index (χ0) is 59.9. The quantitative estimate of drug-likeness (QED) is 0.0261. The average molecular weight is 1150 g/mol. The number of carbonyl (C=O) groups excluding carboxylic acids is 3. The van der Waals surface area contributed by atoms with Gasteiger partial charge in [-0.2, -0.15) is 0 Å². The fourth-order valence-electron chi connectivity index (χ4n) is 9.47. The van der Waals surface area contributed by atoms with E-state index in [1.807, 2.05) is 0 Å². The number of hydrogen-bond donors (Lipinski definition) is 0. The van der Waals surface area contributed by atoms with Crippen LogP contribution in [-0.2, 0) is 28.6 Å². The normalized spacial score (nSPS) is 13.0. The molecule has 0 aliphatic carbocycles. The van der Waals surface area contributed by atoms with Crippen LogP contribution in [0.1, 0.15) is 316 Å². The number of unbranched alkanes of at least 4 members (excludes halogenated alkanes) is 29. The lowest BCUT2D eigenvalue weighted by molar-refractivity contribution is -0.167. The molecule has 0 amide bonds. The molecule has 0 rings (SSSR count). The summed E-state index contributed by atoms with van der Waals surface area (Å²) in [7, 11) is 0. The van der Waals surface area contributed by atoms with E-state index in [1.165, 1.54) is 128 Å². The molecular weight excluding hydrogens is 1020 g/mol. The summed E-state index contributed by atoms with van der Waals surface area (Å²) in [6.07, 6.45) is 98.9. The van der Waals surface area contributed by atoms with Crippen molar-refractivity contribution in [3.05, 3.63) is 134 Å². The summed E-state index contributed by atoms with van der Waals surface area (Å²) in [6, 6.07) is 0. The molecule has 6 nitrogen and oxygen atoms in total. The van der Waals surface area contributed by atoms with Gasteiger partial charge in [0.1, 0.15) is 13.2 Å². The van der Waals surface area contributed by atoms with E-state index >= 15 is 0 Å². The van der Waals surface area contributed by atoms with Crippen molar-refractivity contribution >= 4 is 17.9 Å². The van der Waals surface area contributed by atoms with Crippen molar-refractivity contribution in [2.45, 2.75) is 322 Å². The van der Waals surface area contributed by atoms with Gasteiger partial charge in [-0.1, -0.05) is 309 Å². The fourth-order valence-corrected chi connectivity index (χ4v) is 9.47. The standard InChI is InChI=1S/C77H128O6/c1-4-7-10-13-16-19-22-25-28-30-31-32-33-34-35-36-37-38-39-40-41-42-43-44-45-46-47-48-50-52-55-58-61-64-67-70-76(79)82-73-74(72-81-75(78)69-66-63-60-57-54-51-27-24-21-18-15-12-9-6-3)83-77(80)71-68-65-62-59-56-53-49-29-26-23-20-17-14-11-8-5-2/h7,10,16,19-20,23,25,28-29,31-32,34-35,37-38,40-41,43-44,46-47,49,74H,4-6,8-9,11-15,17-18,21-22,24,26-27,30,33,36,39,42,45,48,50-73H2,1-3H3/b10-7-,19-16-,23-20-,28-25-,32-31-,35-34-,38-37-,41-40-,44-43-,47-46-,49-29-. The van der Waals surface area contributed by atoms with Gasteiger partial charge in [-0.15, -0.1) is 0 Å². The number of ether oxygens (including phenoxy) is 3. The van der Waals surface area contributed by atoms with Crippen molar-refractivity contribution in [1.29, 1.82) is 0 Å². The highest BCUT2D eigenvalue weighted by atomic mass is 16.6. The van der Waals surface area contributed by atoms with Crippen LogP contribution in [0.25, 0.3) is 0 Å². The average Bonchev–Trinajstić information content (AvgIpc) is 3.49. The number of carbonyl (C=O) groups is 3. The largest absolute Gasteiger partial charge is 0.462 e. The molecule has 0 saturated carbocycles. The third-order valence-electron chi connectivity index (χ3n) is 14.6. The number of rotatable bonds is 62. The molecule has 0 heterocycles. The van der Waals surface area contributed by atoms with Gasteiger partial charge in [0.25, 0.3) is 0 Å². The topological polar surface area (TPSA) is 78.9 Å². The first kappa shape index (κ1) is 78.5. The lowest BCUT2D eigenvalue weighted by Crippen LogP contribution is -2.30. The van der Waals surface area contributed by atoms with Crippen LogP contribution in [0.5, 0.6) is 0 Å². The molecule has 0 aliphatic heterocycles. The molecule has 0 N–H and O–H groups in total. The van der Waals surface area contributed by atoms with Crippen LogP contribution >= 0.6 is 0 Å². The van der Waals surface area contributed by atoms with Crippen molar-refractivity contribution in [3.8, 4) is 0 Å². The van der Waals surface area contributed by atoms with E-state index in [-0.39, 0.29) is 31.1 Å². The SMILES string of the molecule is CC/C=C\C/C=C\C/C=C\C/C=C\C/C=C\C/C=C\C/C=C\C/C=C\C/C=C\CCCCCCCCCC(=O)OCC(COC(=O)CCCCCCCCCCCCCCCC)OC(=O)CCCCCCC/C=C\C/C=C\CCCCCC. The zero-order valence-corrected chi connectivity index (χ0v) is 54.2. The van der Waals surface area contributed by atoms with E-state index in [4.69, 9.17) is 14.2 Å². The molecule has 1 unspecified atom stereocenters. The molecule has 1 atom stereocenters. The summed E-state index contributed by atoms with van der Waals surface area (Å²) >= 11 is 0. The lowest BCUT2D eigenvalue weighted by Gasteiger charge is -2.18. The van der Waals surface area contributed by atoms with Gasteiger partial charge in [-0.3, -0.25) is 14.4 Å². The van der Waals surface area contributed by atoms with Gasteiger partial charge in [-0.05, 0) is 122 Å². The van der Waals surface area contributed by atoms with Crippen molar-refractivity contribution in [2.24, 2.45) is 0 Å². The molecule has 0 aliphatic rings. The van der Waals surface area contributed by atoms with Crippen molar-refractivity contribution in [1.82, 2.24) is 0 Å². The van der Waals surface area contributed by atoms with Crippen molar-refractivity contribution in [2.75, 3.05) is 13.2 Å². The van der Waals surface area contributed by atoms with E-state index in [1.54, 1.807) is 0 Å². The Hall–Kier alpha value is -4.45. The molecule has 0 bridgehead atoms. The highest BCUT2D eigenvalue weighted by molar-refractivity contribution is 5.71. The molecule has 0 radical (unpaired) electrons. The highest BCUT2D eigenvalue weighted by Crippen LogP contribution is 2.16. The first-order chi connectivity index (χ1) is 41.0. The van der Waals surface area contributed by atoms with Crippen LogP contribution in [0, 0.1) is 0 Å². The van der Waals surface area contributed by atoms with Gasteiger partial charge in [0.15, 0.2) is 6.10 Å². The summed E-state index contributed by atoms with van der Waals surface area (Å²) < 4.78 is 16.9. The monoisotopic (exact) mass is 1150 g/mol. The van der Waals surface area contributed by atoms with Crippen LogP contribution in [0.15, 0.2) is 134 Å². The Morgan fingerprint density at radius 3 is 0.747 bits per heavy atom. The molecule has 472 valence electrons. The maximum Gasteiger partial charge on any atom is 0.306 e. The molecule has 83 heavy (non-hydrogen) atoms. The predicted molar refractivity (Wildman–Crippen MR) is 362 cm³/mol. The Morgan fingerprint density at radius 2 is 0.470 bits per heavy atom. The second-order valence-corrected chi connectivity index (χ2v) is 22.7. The van der Waals surface area contributed by atoms with E-state index < -0.39 is 6.10 Å². The van der Waals surface area contributed by atoms with Crippen molar-refractivity contribution in [3.63, 3.8) is 0 Å². The third kappa shape index (κ3) is 68.2. The molecule has 0 aromatic rings. The van der Waals surface area contributed by atoms with Crippen LogP contribution in [0.3, 0.4) is 0 Å². The Morgan fingerprint density at radius 1 is 0.253 bits per heavy atom. The first-order valence-corrected chi connectivity index (χ1v) is 34.7. The Bertz CT molecular complexity index is 1750. The lowest BCUT2D eigenvalue weighted by atomic mass is 10.0. The maximum absolute atomic E-state index is 12.9. The second-order valence-electron chi connectivity index (χ2n) is 22.7. The molecule has 0 aromatic heterocycles. The summed E-state index contributed by atoms with van der Waals surface area (Å²) in [5, 5.41) is 0. The maximum atomic E-state index is 12.9. The van der Waals surface area contributed by atoms with Crippen LogP contribution in [0.4, 0.5) is 0 Å². The molecule has 0 saturated heterocycles. The van der Waals surface area contributed by atoms with Gasteiger partial charge < -0.3 is 14.2 Å². The molecule has 0 fully saturated rings. The van der Waals surface area contributed by atoms with Crippen LogP contribution in [-0.4, -0.2) is 37.2 Å². The fraction of sp³-hybridized carbons (Fsp3) is 0.675. The minimum Gasteiger partial charge on any atom is -0.462 e. The van der Waals surface area contributed by atoms with Crippen molar-refractivity contribution < 1.29 is 28.6 Å². The summed E-state index contributed by atoms with van der Waals surface area (Å²) in [6.45, 7) is 6.51. The van der Waals surface area contributed by atoms with E-state index in [2.05, 4.69) is 154 Å². The van der Waals surface area contributed by atoms with Crippen LogP contribution in [0.2, 0.25) is 0 Å². The highest BCUT2D eigenvalue weighted by Gasteiger charge is 2.19. The van der Waals surface area contributed by atoms with Gasteiger partial charge in [0.2, 0.25) is 0 Å². The summed E-state index contributed by atoms with van der Waals surface area (Å²) in [4.78, 5) is 38.4. The summed E-state index contributed by atoms with van der Waals surface area (Å²) in [5.74, 6) is -0.904. The Labute approximate surface area is 513 Å². The van der Waals surface area contributed by atoms with Crippen LogP contribution < -0.4 is 0 Å². The number of hydrogen-bond acceptors (Lipinski definition) is 6. The van der Waals surface area contributed by atoms with Gasteiger partial charge in [0, 0.05) is 19.3 Å². The minimum atomic E-state index is -0.793. The first-order valence-electron chi connectivity index (χ1n) is 34.7. The molecule has 0 aromatic carbocycles. The van der Waals surface area contributed by atoms with E-state index in [0.717, 1.165) is 148 Å². The number of esters is 3. The van der Waals surface area contributed by atoms with Gasteiger partial charge >= 0.3 is 17.9 Å². The van der Waals surface area contributed by atoms with Gasteiger partial charge in [0.05, 0.1) is 0 Å². The van der Waals surface area contributed by atoms with E-state index in [9.17, 15) is 14.4 Å². The molecule has 6 heteroatoms. The summed E-state index contributed by atoms with van der Waals surface area (Å²) in [5.41, 5.74) is 0. The Kier molecular flexibility index (Phi) is 66.3. The smallest absolute Gasteiger partial charge is 0.306 e. The third-order valence-corrected chi connectivity index (χ3v) is 14.6. The predicted octanol–water partition coefficient (Wildman–Crippen LogP) is 24.1. The minimum absolute atomic E-state index is 0.0866. The van der Waals surface area contributed by atoms with E-state index in [0.29, 0.717) is 19.3 Å². The number of allylic oxidation sites excluding steroid dienone is 22. The molecule has 0 spiro atoms.